The summed E-state index contributed by atoms with van der Waals surface area (Å²) in [6.45, 7) is 1.33. The molecule has 1 rings (SSSR count). The van der Waals surface area contributed by atoms with Crippen molar-refractivity contribution in [2.75, 3.05) is 6.61 Å². The van der Waals surface area contributed by atoms with Crippen LogP contribution >= 0.6 is 31.9 Å². The van der Waals surface area contributed by atoms with Crippen molar-refractivity contribution < 1.29 is 18.3 Å². The monoisotopic (exact) mass is 385 g/mol. The second kappa shape index (κ2) is 6.08. The molecule has 1 aromatic rings. The molecule has 0 aliphatic heterocycles. The molecule has 0 aliphatic carbocycles. The minimum atomic E-state index is -3.78. The predicted molar refractivity (Wildman–Crippen MR) is 70.4 cm³/mol. The van der Waals surface area contributed by atoms with Crippen LogP contribution in [0.5, 0.6) is 0 Å². The molecule has 1 aromatic carbocycles. The molecule has 0 radical (unpaired) electrons. The van der Waals surface area contributed by atoms with E-state index in [9.17, 15) is 13.6 Å². The van der Waals surface area contributed by atoms with Crippen molar-refractivity contribution in [3.8, 4) is 0 Å². The number of ether oxygens (including phenoxy) is 1. The average Bonchev–Trinajstić information content (AvgIpc) is 2.31. The maximum Gasteiger partial charge on any atom is 0.379 e. The number of carbonyl (C=O) groups excluding carboxylic acids is 1. The molecule has 1 atom stereocenters. The number of hydrogen-bond donors (Lipinski definition) is 1. The van der Waals surface area contributed by atoms with Crippen LogP contribution in [0.15, 0.2) is 27.1 Å². The van der Waals surface area contributed by atoms with Crippen LogP contribution in [0, 0.1) is 0 Å². The van der Waals surface area contributed by atoms with Crippen molar-refractivity contribution in [3.05, 3.63) is 32.7 Å². The van der Waals surface area contributed by atoms with Gasteiger partial charge in [-0.25, -0.2) is 4.79 Å². The number of benzene rings is 1. The van der Waals surface area contributed by atoms with E-state index in [0.29, 0.717) is 8.95 Å². The van der Waals surface area contributed by atoms with Crippen molar-refractivity contribution in [2.24, 2.45) is 5.73 Å². The van der Waals surface area contributed by atoms with Gasteiger partial charge in [-0.1, -0.05) is 31.9 Å². The van der Waals surface area contributed by atoms with Gasteiger partial charge in [0.1, 0.15) is 6.04 Å². The Morgan fingerprint density at radius 3 is 2.67 bits per heavy atom. The zero-order valence-electron chi connectivity index (χ0n) is 9.42. The normalized spacial score (nSPS) is 13.2. The molecular weight excluding hydrogens is 376 g/mol. The van der Waals surface area contributed by atoms with E-state index in [1.165, 1.54) is 13.0 Å². The lowest BCUT2D eigenvalue weighted by Gasteiger charge is -2.22. The van der Waals surface area contributed by atoms with E-state index in [0.717, 1.165) is 0 Å². The highest BCUT2D eigenvalue weighted by atomic mass is 79.9. The van der Waals surface area contributed by atoms with Crippen LogP contribution in [0.1, 0.15) is 18.5 Å². The van der Waals surface area contributed by atoms with Gasteiger partial charge in [-0.2, -0.15) is 8.78 Å². The molecular formula is C11H11Br2F2NO2. The summed E-state index contributed by atoms with van der Waals surface area (Å²) in [5.74, 6) is -5.40. The number of nitrogens with two attached hydrogens (primary N) is 1. The van der Waals surface area contributed by atoms with Crippen LogP contribution < -0.4 is 5.73 Å². The van der Waals surface area contributed by atoms with Crippen LogP contribution in [0.2, 0.25) is 0 Å². The lowest BCUT2D eigenvalue weighted by atomic mass is 10.0. The topological polar surface area (TPSA) is 52.3 Å². The van der Waals surface area contributed by atoms with Crippen molar-refractivity contribution in [1.82, 2.24) is 0 Å². The van der Waals surface area contributed by atoms with Crippen molar-refractivity contribution in [2.45, 2.75) is 18.9 Å². The first-order valence-corrected chi connectivity index (χ1v) is 6.64. The molecule has 100 valence electrons. The average molecular weight is 387 g/mol. The number of esters is 1. The van der Waals surface area contributed by atoms with Crippen LogP contribution in [0.3, 0.4) is 0 Å². The molecule has 0 heterocycles. The van der Waals surface area contributed by atoms with Gasteiger partial charge in [-0.15, -0.1) is 0 Å². The summed E-state index contributed by atoms with van der Waals surface area (Å²) in [5, 5.41) is 0. The van der Waals surface area contributed by atoms with Gasteiger partial charge in [-0.3, -0.25) is 0 Å². The summed E-state index contributed by atoms with van der Waals surface area (Å²) in [6.07, 6.45) is 0. The molecule has 3 nitrogen and oxygen atoms in total. The number of carbonyl (C=O) groups is 1. The minimum absolute atomic E-state index is 0.124. The summed E-state index contributed by atoms with van der Waals surface area (Å²) >= 11 is 6.29. The van der Waals surface area contributed by atoms with Crippen LogP contribution in [-0.2, 0) is 9.53 Å². The van der Waals surface area contributed by atoms with E-state index in [1.807, 2.05) is 0 Å². The van der Waals surface area contributed by atoms with Gasteiger partial charge in [0, 0.05) is 8.95 Å². The maximum atomic E-state index is 13.8. The number of alkyl halides is 2. The Bertz CT molecular complexity index is 455. The Morgan fingerprint density at radius 2 is 2.11 bits per heavy atom. The van der Waals surface area contributed by atoms with E-state index in [-0.39, 0.29) is 12.2 Å². The third kappa shape index (κ3) is 3.27. The molecule has 0 saturated carbocycles. The lowest BCUT2D eigenvalue weighted by Crippen LogP contribution is -2.41. The molecule has 0 saturated heterocycles. The van der Waals surface area contributed by atoms with Crippen molar-refractivity contribution in [3.63, 3.8) is 0 Å². The molecule has 2 N–H and O–H groups in total. The SMILES string of the molecule is CCOC(=O)C(F)(F)[C@@H](N)c1cc(Br)ccc1Br. The standard InChI is InChI=1S/C11H11Br2F2NO2/c1-2-18-10(17)11(14,15)9(16)7-5-6(12)3-4-8(7)13/h3-5,9H,2,16H2,1H3/t9-/m0/s1. The Labute approximate surface area is 120 Å². The van der Waals surface area contributed by atoms with Gasteiger partial charge in [-0.05, 0) is 30.7 Å². The Morgan fingerprint density at radius 1 is 1.50 bits per heavy atom. The first-order valence-electron chi connectivity index (χ1n) is 5.06. The first kappa shape index (κ1) is 15.5. The summed E-state index contributed by atoms with van der Waals surface area (Å²) in [5.41, 5.74) is 5.60. The van der Waals surface area contributed by atoms with Crippen LogP contribution in [0.4, 0.5) is 8.78 Å². The molecule has 0 aliphatic rings. The van der Waals surface area contributed by atoms with E-state index < -0.39 is 17.9 Å². The quantitative estimate of drug-likeness (QED) is 0.806. The molecule has 0 spiro atoms. The number of halogens is 4. The molecule has 0 fully saturated rings. The predicted octanol–water partition coefficient (Wildman–Crippen LogP) is 3.41. The summed E-state index contributed by atoms with van der Waals surface area (Å²) in [6, 6.07) is 2.90. The molecule has 0 bridgehead atoms. The van der Waals surface area contributed by atoms with E-state index in [4.69, 9.17) is 5.73 Å². The van der Waals surface area contributed by atoms with E-state index in [2.05, 4.69) is 36.6 Å². The molecule has 0 aromatic heterocycles. The Kier molecular flexibility index (Phi) is 5.24. The van der Waals surface area contributed by atoms with Gasteiger partial charge < -0.3 is 10.5 Å². The third-order valence-corrected chi connectivity index (χ3v) is 3.45. The van der Waals surface area contributed by atoms with Crippen LogP contribution in [-0.4, -0.2) is 18.5 Å². The fourth-order valence-corrected chi connectivity index (χ4v) is 2.17. The Balaban J connectivity index is 3.08. The minimum Gasteiger partial charge on any atom is -0.462 e. The van der Waals surface area contributed by atoms with E-state index >= 15 is 0 Å². The number of rotatable bonds is 4. The molecule has 7 heteroatoms. The largest absolute Gasteiger partial charge is 0.462 e. The lowest BCUT2D eigenvalue weighted by molar-refractivity contribution is -0.174. The van der Waals surface area contributed by atoms with Gasteiger partial charge in [0.25, 0.3) is 0 Å². The fourth-order valence-electron chi connectivity index (χ4n) is 1.30. The molecule has 0 amide bonds. The van der Waals surface area contributed by atoms with Crippen molar-refractivity contribution in [1.29, 1.82) is 0 Å². The maximum absolute atomic E-state index is 13.8. The van der Waals surface area contributed by atoms with Gasteiger partial charge in [0.05, 0.1) is 6.61 Å². The first-order chi connectivity index (χ1) is 8.30. The highest BCUT2D eigenvalue weighted by molar-refractivity contribution is 9.11. The third-order valence-electron chi connectivity index (χ3n) is 2.23. The van der Waals surface area contributed by atoms with Crippen LogP contribution in [0.25, 0.3) is 0 Å². The highest BCUT2D eigenvalue weighted by Gasteiger charge is 2.48. The summed E-state index contributed by atoms with van der Waals surface area (Å²) < 4.78 is 32.8. The highest BCUT2D eigenvalue weighted by Crippen LogP contribution is 2.35. The van der Waals surface area contributed by atoms with Gasteiger partial charge in [0.15, 0.2) is 0 Å². The van der Waals surface area contributed by atoms with Gasteiger partial charge >= 0.3 is 11.9 Å². The van der Waals surface area contributed by atoms with Gasteiger partial charge in [0.2, 0.25) is 0 Å². The summed E-state index contributed by atoms with van der Waals surface area (Å²) in [4.78, 5) is 11.2. The second-order valence-electron chi connectivity index (χ2n) is 3.49. The zero-order valence-corrected chi connectivity index (χ0v) is 12.6. The van der Waals surface area contributed by atoms with E-state index in [1.54, 1.807) is 12.1 Å². The summed E-state index contributed by atoms with van der Waals surface area (Å²) in [7, 11) is 0. The number of hydrogen-bond acceptors (Lipinski definition) is 3. The van der Waals surface area contributed by atoms with Crippen molar-refractivity contribution >= 4 is 37.8 Å². The Hall–Kier alpha value is -0.530. The second-order valence-corrected chi connectivity index (χ2v) is 5.26. The molecule has 18 heavy (non-hydrogen) atoms. The zero-order chi connectivity index (χ0) is 13.9. The molecule has 0 unspecified atom stereocenters. The smallest absolute Gasteiger partial charge is 0.379 e. The fraction of sp³-hybridized carbons (Fsp3) is 0.364.